The molecule has 0 unspecified atom stereocenters. The van der Waals surface area contributed by atoms with E-state index in [4.69, 9.17) is 4.74 Å². The van der Waals surface area contributed by atoms with Crippen molar-refractivity contribution in [1.29, 1.82) is 0 Å². The third-order valence-electron chi connectivity index (χ3n) is 6.98. The normalized spacial score (nSPS) is 24.2. The summed E-state index contributed by atoms with van der Waals surface area (Å²) >= 11 is 0. The quantitative estimate of drug-likeness (QED) is 0.637. The SMILES string of the molecule is CC(C)c1[nH]c(=O)ccc1C(=O)NC[C@@H]1CC[C@H](CC(=O)N2CCOCC2)N1CC1CC1. The number of hydrogen-bond acceptors (Lipinski definition) is 5. The third kappa shape index (κ3) is 5.59. The van der Waals surface area contributed by atoms with Gasteiger partial charge in [0.1, 0.15) is 0 Å². The summed E-state index contributed by atoms with van der Waals surface area (Å²) in [5.41, 5.74) is 1.01. The Morgan fingerprint density at radius 2 is 1.84 bits per heavy atom. The van der Waals surface area contributed by atoms with E-state index in [-0.39, 0.29) is 35.4 Å². The fraction of sp³-hybridized carbons (Fsp3) is 0.708. The Morgan fingerprint density at radius 1 is 1.12 bits per heavy atom. The molecule has 2 saturated heterocycles. The summed E-state index contributed by atoms with van der Waals surface area (Å²) in [7, 11) is 0. The van der Waals surface area contributed by atoms with Gasteiger partial charge in [-0.1, -0.05) is 13.8 Å². The van der Waals surface area contributed by atoms with Crippen molar-refractivity contribution in [2.24, 2.45) is 5.92 Å². The average molecular weight is 445 g/mol. The van der Waals surface area contributed by atoms with E-state index in [1.807, 2.05) is 18.7 Å². The van der Waals surface area contributed by atoms with Gasteiger partial charge in [0.15, 0.2) is 0 Å². The van der Waals surface area contributed by atoms with Crippen LogP contribution in [0.5, 0.6) is 0 Å². The number of morpholine rings is 1. The molecule has 2 amide bonds. The van der Waals surface area contributed by atoms with Gasteiger partial charge in [0.05, 0.1) is 18.8 Å². The van der Waals surface area contributed by atoms with E-state index in [9.17, 15) is 14.4 Å². The lowest BCUT2D eigenvalue weighted by molar-refractivity contribution is -0.136. The first-order valence-corrected chi connectivity index (χ1v) is 12.0. The number of carbonyl (C=O) groups excluding carboxylic acids is 2. The Bertz CT molecular complexity index is 873. The van der Waals surface area contributed by atoms with E-state index in [1.54, 1.807) is 6.07 Å². The second-order valence-electron chi connectivity index (χ2n) is 9.74. The summed E-state index contributed by atoms with van der Waals surface area (Å²) in [5.74, 6) is 0.847. The molecule has 2 aliphatic heterocycles. The Kier molecular flexibility index (Phi) is 7.30. The standard InChI is InChI=1S/C24H36N4O4/c1-16(2)23-20(7-8-21(29)26-23)24(31)25-14-19-6-5-18(28(19)15-17-3-4-17)13-22(30)27-9-11-32-12-10-27/h7-8,16-19H,3-6,9-15H2,1-2H3,(H,25,31)(H,26,29)/t18-,19+/m1/s1. The maximum absolute atomic E-state index is 12.9. The van der Waals surface area contributed by atoms with Crippen LogP contribution in [0.1, 0.15) is 67.9 Å². The molecule has 2 atom stereocenters. The highest BCUT2D eigenvalue weighted by molar-refractivity contribution is 5.95. The van der Waals surface area contributed by atoms with Gasteiger partial charge in [-0.2, -0.15) is 0 Å². The van der Waals surface area contributed by atoms with Crippen LogP contribution in [-0.4, -0.2) is 78.1 Å². The number of pyridine rings is 1. The number of rotatable bonds is 8. The van der Waals surface area contributed by atoms with E-state index < -0.39 is 0 Å². The predicted molar refractivity (Wildman–Crippen MR) is 122 cm³/mol. The fourth-order valence-electron chi connectivity index (χ4n) is 4.94. The number of nitrogens with zero attached hydrogens (tertiary/aromatic N) is 2. The van der Waals surface area contributed by atoms with Gasteiger partial charge >= 0.3 is 0 Å². The first-order valence-electron chi connectivity index (χ1n) is 12.0. The van der Waals surface area contributed by atoms with Crippen molar-refractivity contribution in [2.45, 2.75) is 64.0 Å². The van der Waals surface area contributed by atoms with Crippen molar-refractivity contribution in [2.75, 3.05) is 39.4 Å². The van der Waals surface area contributed by atoms with Crippen molar-refractivity contribution in [3.05, 3.63) is 33.7 Å². The van der Waals surface area contributed by atoms with Crippen LogP contribution in [0.4, 0.5) is 0 Å². The van der Waals surface area contributed by atoms with Crippen molar-refractivity contribution in [3.63, 3.8) is 0 Å². The largest absolute Gasteiger partial charge is 0.378 e. The lowest BCUT2D eigenvalue weighted by Gasteiger charge is -2.33. The second-order valence-corrected chi connectivity index (χ2v) is 9.74. The molecule has 4 rings (SSSR count). The monoisotopic (exact) mass is 444 g/mol. The summed E-state index contributed by atoms with van der Waals surface area (Å²) in [6.07, 6.45) is 5.04. The molecule has 3 aliphatic rings. The van der Waals surface area contributed by atoms with Gasteiger partial charge in [0.2, 0.25) is 11.5 Å². The average Bonchev–Trinajstić information content (AvgIpc) is 3.54. The molecule has 8 heteroatoms. The summed E-state index contributed by atoms with van der Waals surface area (Å²) in [5, 5.41) is 3.10. The van der Waals surface area contributed by atoms with Gasteiger partial charge < -0.3 is 19.9 Å². The summed E-state index contributed by atoms with van der Waals surface area (Å²) in [4.78, 5) is 44.7. The first kappa shape index (κ1) is 23.0. The number of H-pyrrole nitrogens is 1. The van der Waals surface area contributed by atoms with Crippen molar-refractivity contribution in [1.82, 2.24) is 20.1 Å². The van der Waals surface area contributed by atoms with Crippen LogP contribution in [0.25, 0.3) is 0 Å². The number of ether oxygens (including phenoxy) is 1. The van der Waals surface area contributed by atoms with Crippen LogP contribution in [-0.2, 0) is 9.53 Å². The molecular weight excluding hydrogens is 408 g/mol. The highest BCUT2D eigenvalue weighted by Crippen LogP contribution is 2.35. The van der Waals surface area contributed by atoms with Gasteiger partial charge in [0, 0.05) is 56.4 Å². The van der Waals surface area contributed by atoms with Crippen LogP contribution in [0, 0.1) is 5.92 Å². The van der Waals surface area contributed by atoms with Gasteiger partial charge in [-0.15, -0.1) is 0 Å². The molecule has 0 spiro atoms. The topological polar surface area (TPSA) is 94.7 Å². The summed E-state index contributed by atoms with van der Waals surface area (Å²) < 4.78 is 5.38. The molecule has 3 heterocycles. The molecule has 32 heavy (non-hydrogen) atoms. The summed E-state index contributed by atoms with van der Waals surface area (Å²) in [6.45, 7) is 8.12. The van der Waals surface area contributed by atoms with Crippen LogP contribution in [0.2, 0.25) is 0 Å². The van der Waals surface area contributed by atoms with E-state index in [1.165, 1.54) is 18.9 Å². The summed E-state index contributed by atoms with van der Waals surface area (Å²) in [6, 6.07) is 3.51. The van der Waals surface area contributed by atoms with Crippen LogP contribution >= 0.6 is 0 Å². The molecule has 8 nitrogen and oxygen atoms in total. The highest BCUT2D eigenvalue weighted by Gasteiger charge is 2.38. The molecule has 1 aliphatic carbocycles. The Labute approximate surface area is 189 Å². The zero-order valence-corrected chi connectivity index (χ0v) is 19.3. The molecule has 176 valence electrons. The Balaban J connectivity index is 1.38. The molecular formula is C24H36N4O4. The lowest BCUT2D eigenvalue weighted by atomic mass is 10.0. The van der Waals surface area contributed by atoms with Crippen LogP contribution in [0.15, 0.2) is 16.9 Å². The minimum Gasteiger partial charge on any atom is -0.378 e. The third-order valence-corrected chi connectivity index (χ3v) is 6.98. The van der Waals surface area contributed by atoms with E-state index in [0.717, 1.165) is 25.3 Å². The smallest absolute Gasteiger partial charge is 0.253 e. The Morgan fingerprint density at radius 3 is 2.53 bits per heavy atom. The van der Waals surface area contributed by atoms with E-state index in [2.05, 4.69) is 15.2 Å². The minimum atomic E-state index is -0.190. The number of aromatic amines is 1. The fourth-order valence-corrected chi connectivity index (χ4v) is 4.94. The molecule has 3 fully saturated rings. The van der Waals surface area contributed by atoms with Gasteiger partial charge in [-0.05, 0) is 43.6 Å². The maximum Gasteiger partial charge on any atom is 0.253 e. The first-order chi connectivity index (χ1) is 15.4. The predicted octanol–water partition coefficient (Wildman–Crippen LogP) is 1.72. The highest BCUT2D eigenvalue weighted by atomic mass is 16.5. The van der Waals surface area contributed by atoms with E-state index in [0.29, 0.717) is 50.5 Å². The van der Waals surface area contributed by atoms with Gasteiger partial charge in [0.25, 0.3) is 5.91 Å². The zero-order valence-electron chi connectivity index (χ0n) is 19.3. The zero-order chi connectivity index (χ0) is 22.7. The molecule has 1 aromatic heterocycles. The number of likely N-dealkylation sites (tertiary alicyclic amines) is 1. The van der Waals surface area contributed by atoms with Gasteiger partial charge in [-0.3, -0.25) is 19.3 Å². The molecule has 2 N–H and O–H groups in total. The number of aromatic nitrogens is 1. The van der Waals surface area contributed by atoms with Crippen molar-refractivity contribution in [3.8, 4) is 0 Å². The second kappa shape index (κ2) is 10.2. The number of nitrogens with one attached hydrogen (secondary N) is 2. The molecule has 0 radical (unpaired) electrons. The van der Waals surface area contributed by atoms with Crippen molar-refractivity contribution < 1.29 is 14.3 Å². The molecule has 1 aromatic rings. The molecule has 0 aromatic carbocycles. The van der Waals surface area contributed by atoms with Crippen LogP contribution in [0.3, 0.4) is 0 Å². The van der Waals surface area contributed by atoms with E-state index >= 15 is 0 Å². The van der Waals surface area contributed by atoms with Gasteiger partial charge in [-0.25, -0.2) is 0 Å². The van der Waals surface area contributed by atoms with Crippen LogP contribution < -0.4 is 10.9 Å². The number of amides is 2. The maximum atomic E-state index is 12.9. The van der Waals surface area contributed by atoms with Crippen molar-refractivity contribution >= 4 is 11.8 Å². The molecule has 0 bridgehead atoms. The number of carbonyl (C=O) groups is 2. The number of hydrogen-bond donors (Lipinski definition) is 2. The Hall–Kier alpha value is -2.19. The lowest BCUT2D eigenvalue weighted by Crippen LogP contribution is -2.47. The minimum absolute atomic E-state index is 0.0538. The molecule has 1 saturated carbocycles.